The number of hydrogen-bond acceptors (Lipinski definition) is 16. The molecule has 0 spiro atoms. The minimum Gasteiger partial charge on any atom is -0.379 e. The zero-order chi connectivity index (χ0) is 50.3. The summed E-state index contributed by atoms with van der Waals surface area (Å²) in [6, 6.07) is 13.1. The Morgan fingerprint density at radius 3 is 0.771 bits per heavy atom. The van der Waals surface area contributed by atoms with Crippen molar-refractivity contribution in [3.63, 3.8) is 0 Å². The minimum atomic E-state index is -3.76. The lowest BCUT2D eigenvalue weighted by Gasteiger charge is -2.08. The summed E-state index contributed by atoms with van der Waals surface area (Å²) in [6.45, 7) is 11.4. The Kier molecular flexibility index (Phi) is 42.7. The molecule has 0 aliphatic heterocycles. The van der Waals surface area contributed by atoms with Gasteiger partial charge in [-0.2, -0.15) is 16.8 Å². The molecule has 70 heavy (non-hydrogen) atoms. The fraction of sp³-hybridized carbons (Fsp3) is 0.769. The largest absolute Gasteiger partial charge is 0.379 e. The summed E-state index contributed by atoms with van der Waals surface area (Å²) in [5, 5.41) is 0. The van der Waals surface area contributed by atoms with Gasteiger partial charge in [0.25, 0.3) is 20.2 Å². The molecule has 2 aromatic carbocycles. The van der Waals surface area contributed by atoms with E-state index in [2.05, 4.69) is 21.6 Å². The van der Waals surface area contributed by atoms with Crippen LogP contribution in [0, 0.1) is 13.8 Å². The maximum absolute atomic E-state index is 12.1. The normalized spacial score (nSPS) is 12.1. The van der Waals surface area contributed by atoms with Crippen molar-refractivity contribution in [3.05, 3.63) is 59.7 Å². The fourth-order valence-electron chi connectivity index (χ4n) is 6.80. The van der Waals surface area contributed by atoms with E-state index in [1.807, 2.05) is 13.8 Å². The second-order valence-electron chi connectivity index (χ2n) is 17.1. The van der Waals surface area contributed by atoms with Crippen LogP contribution in [0.3, 0.4) is 0 Å². The lowest BCUT2D eigenvalue weighted by atomic mass is 10.1. The van der Waals surface area contributed by atoms with Gasteiger partial charge in [0.15, 0.2) is 0 Å². The average Bonchev–Trinajstić information content (AvgIpc) is 3.34. The third kappa shape index (κ3) is 39.1. The van der Waals surface area contributed by atoms with Gasteiger partial charge in [-0.1, -0.05) is 147 Å². The average molecular weight is 1070 g/mol. The molecule has 0 saturated carbocycles. The SMILES string of the molecule is Cc1ccc(S(=O)(=O)OCCOCCOCCOCCOCCCCCCCCCCCSSCCCCCCCCCCCOCCOCCOCCOCCOS(=O)(=O)c2ccc(C)cc2)cc1. The molecule has 2 rings (SSSR count). The lowest BCUT2D eigenvalue weighted by Crippen LogP contribution is -2.15. The quantitative estimate of drug-likeness (QED) is 0.0349. The van der Waals surface area contributed by atoms with Crippen LogP contribution >= 0.6 is 21.6 Å². The van der Waals surface area contributed by atoms with E-state index in [0.717, 1.165) is 37.2 Å². The monoisotopic (exact) mass is 1070 g/mol. The number of hydrogen-bond donors (Lipinski definition) is 0. The standard InChI is InChI=1S/C52H90O14S4/c1-49-21-25-51(26-22-49)69(53,54)65-45-43-63-41-39-61-37-35-59-33-31-57-29-17-13-9-5-3-7-11-15-19-47-67-68-48-20-16-12-8-4-6-10-14-18-30-58-32-34-60-36-38-62-40-42-64-44-46-66-70(55,56)52-27-23-50(2)24-28-52/h21-28H,3-20,29-48H2,1-2H3. The molecule has 0 saturated heterocycles. The van der Waals surface area contributed by atoms with Gasteiger partial charge in [0.2, 0.25) is 0 Å². The first kappa shape index (κ1) is 64.8. The maximum atomic E-state index is 12.1. The molecule has 0 aliphatic rings. The van der Waals surface area contributed by atoms with Gasteiger partial charge in [-0.05, 0) is 63.8 Å². The molecular formula is C52H90O14S4. The summed E-state index contributed by atoms with van der Waals surface area (Å²) in [7, 11) is -3.39. The molecule has 0 radical (unpaired) electrons. The van der Waals surface area contributed by atoms with Gasteiger partial charge in [0, 0.05) is 24.7 Å². The van der Waals surface area contributed by atoms with E-state index in [-0.39, 0.29) is 36.2 Å². The number of aryl methyl sites for hydroxylation is 2. The molecule has 14 nitrogen and oxygen atoms in total. The molecule has 0 N–H and O–H groups in total. The molecule has 18 heteroatoms. The Labute approximate surface area is 432 Å². The maximum Gasteiger partial charge on any atom is 0.297 e. The van der Waals surface area contributed by atoms with Gasteiger partial charge in [-0.3, -0.25) is 8.37 Å². The highest BCUT2D eigenvalue weighted by Gasteiger charge is 2.15. The van der Waals surface area contributed by atoms with Gasteiger partial charge < -0.3 is 37.9 Å². The van der Waals surface area contributed by atoms with E-state index < -0.39 is 20.2 Å². The summed E-state index contributed by atoms with van der Waals surface area (Å²) in [4.78, 5) is 0.285. The molecule has 2 aromatic rings. The molecule has 0 atom stereocenters. The summed E-state index contributed by atoms with van der Waals surface area (Å²) < 4.78 is 103. The number of benzene rings is 2. The molecule has 0 heterocycles. The van der Waals surface area contributed by atoms with E-state index in [1.54, 1.807) is 24.3 Å². The molecule has 0 amide bonds. The highest BCUT2D eigenvalue weighted by atomic mass is 33.1. The fourth-order valence-corrected chi connectivity index (χ4v) is 10.9. The van der Waals surface area contributed by atoms with Crippen molar-refractivity contribution in [2.45, 2.75) is 139 Å². The molecule has 0 fully saturated rings. The Morgan fingerprint density at radius 2 is 0.500 bits per heavy atom. The summed E-state index contributed by atoms with van der Waals surface area (Å²) in [5.74, 6) is 2.57. The van der Waals surface area contributed by atoms with Crippen LogP contribution < -0.4 is 0 Å². The van der Waals surface area contributed by atoms with Gasteiger partial charge >= 0.3 is 0 Å². The second kappa shape index (κ2) is 46.2. The van der Waals surface area contributed by atoms with Gasteiger partial charge in [-0.25, -0.2) is 0 Å². The van der Waals surface area contributed by atoms with Crippen molar-refractivity contribution in [3.8, 4) is 0 Å². The highest BCUT2D eigenvalue weighted by Crippen LogP contribution is 2.25. The van der Waals surface area contributed by atoms with Crippen molar-refractivity contribution in [2.75, 3.05) is 130 Å². The molecular weight excluding hydrogens is 977 g/mol. The lowest BCUT2D eigenvalue weighted by molar-refractivity contribution is -0.00469. The Balaban J connectivity index is 1.13. The first-order valence-electron chi connectivity index (χ1n) is 26.0. The molecule has 0 aliphatic carbocycles. The van der Waals surface area contributed by atoms with Crippen LogP contribution in [-0.2, 0) is 66.5 Å². The van der Waals surface area contributed by atoms with Crippen LogP contribution in [-0.4, -0.2) is 147 Å². The predicted octanol–water partition coefficient (Wildman–Crippen LogP) is 11.0. The van der Waals surface area contributed by atoms with Crippen LogP contribution in [0.15, 0.2) is 58.3 Å². The molecule has 0 aromatic heterocycles. The van der Waals surface area contributed by atoms with Crippen molar-refractivity contribution in [2.24, 2.45) is 0 Å². The van der Waals surface area contributed by atoms with Crippen LogP contribution in [0.4, 0.5) is 0 Å². The highest BCUT2D eigenvalue weighted by molar-refractivity contribution is 8.76. The van der Waals surface area contributed by atoms with Crippen molar-refractivity contribution in [1.29, 1.82) is 0 Å². The Hall–Kier alpha value is -1.36. The van der Waals surface area contributed by atoms with Crippen molar-refractivity contribution >= 4 is 41.8 Å². The number of unbranched alkanes of at least 4 members (excludes halogenated alkanes) is 16. The topological polar surface area (TPSA) is 161 Å². The number of rotatable bonds is 53. The third-order valence-electron chi connectivity index (χ3n) is 10.9. The first-order chi connectivity index (χ1) is 34.2. The van der Waals surface area contributed by atoms with Gasteiger partial charge in [0.1, 0.15) is 0 Å². The Morgan fingerprint density at radius 1 is 0.286 bits per heavy atom. The van der Waals surface area contributed by atoms with E-state index in [9.17, 15) is 16.8 Å². The van der Waals surface area contributed by atoms with Crippen LogP contribution in [0.5, 0.6) is 0 Å². The van der Waals surface area contributed by atoms with Gasteiger partial charge in [-0.15, -0.1) is 0 Å². The third-order valence-corrected chi connectivity index (χ3v) is 16.1. The van der Waals surface area contributed by atoms with Crippen LogP contribution in [0.2, 0.25) is 0 Å². The van der Waals surface area contributed by atoms with Crippen LogP contribution in [0.25, 0.3) is 0 Å². The molecule has 0 unspecified atom stereocenters. The Bertz CT molecular complexity index is 1550. The van der Waals surface area contributed by atoms with E-state index in [0.29, 0.717) is 79.3 Å². The zero-order valence-electron chi connectivity index (χ0n) is 42.8. The smallest absolute Gasteiger partial charge is 0.297 e. The summed E-state index contributed by atoms with van der Waals surface area (Å²) in [6.07, 6.45) is 23.4. The molecule has 0 bridgehead atoms. The zero-order valence-corrected chi connectivity index (χ0v) is 46.1. The summed E-state index contributed by atoms with van der Waals surface area (Å²) >= 11 is 0. The second-order valence-corrected chi connectivity index (χ2v) is 23.0. The van der Waals surface area contributed by atoms with E-state index in [4.69, 9.17) is 46.3 Å². The first-order valence-corrected chi connectivity index (χ1v) is 31.3. The van der Waals surface area contributed by atoms with Crippen molar-refractivity contribution in [1.82, 2.24) is 0 Å². The van der Waals surface area contributed by atoms with E-state index >= 15 is 0 Å². The minimum absolute atomic E-state index is 0.0401. The van der Waals surface area contributed by atoms with Gasteiger partial charge in [0.05, 0.1) is 116 Å². The van der Waals surface area contributed by atoms with E-state index in [1.165, 1.54) is 139 Å². The van der Waals surface area contributed by atoms with Crippen LogP contribution in [0.1, 0.15) is 127 Å². The number of ether oxygens (including phenoxy) is 8. The molecule has 406 valence electrons. The predicted molar refractivity (Wildman–Crippen MR) is 283 cm³/mol. The van der Waals surface area contributed by atoms with Crippen molar-refractivity contribution < 1.29 is 63.1 Å². The summed E-state index contributed by atoms with van der Waals surface area (Å²) in [5.41, 5.74) is 1.97.